The highest BCUT2D eigenvalue weighted by Gasteiger charge is 2.21. The van der Waals surface area contributed by atoms with Gasteiger partial charge in [0.1, 0.15) is 0 Å². The maximum atomic E-state index is 12.1. The molecule has 0 saturated carbocycles. The first-order valence-electron chi connectivity index (χ1n) is 9.15. The molecule has 134 valence electrons. The van der Waals surface area contributed by atoms with Gasteiger partial charge in [0.15, 0.2) is 0 Å². The van der Waals surface area contributed by atoms with E-state index >= 15 is 0 Å². The summed E-state index contributed by atoms with van der Waals surface area (Å²) in [6.07, 6.45) is 2.33. The van der Waals surface area contributed by atoms with Crippen LogP contribution in [0.15, 0.2) is 24.3 Å². The van der Waals surface area contributed by atoms with Gasteiger partial charge in [0.2, 0.25) is 0 Å². The normalized spacial score (nSPS) is 17.1. The van der Waals surface area contributed by atoms with Crippen LogP contribution in [0, 0.1) is 5.92 Å². The van der Waals surface area contributed by atoms with Gasteiger partial charge in [0.25, 0.3) is 0 Å². The van der Waals surface area contributed by atoms with Crippen molar-refractivity contribution in [3.05, 3.63) is 29.8 Å². The Morgan fingerprint density at radius 1 is 1.17 bits per heavy atom. The molecule has 2 rings (SSSR count). The van der Waals surface area contributed by atoms with Crippen LogP contribution in [-0.4, -0.2) is 36.6 Å². The maximum absolute atomic E-state index is 12.1. The Labute approximate surface area is 147 Å². The highest BCUT2D eigenvalue weighted by atomic mass is 16.2. The van der Waals surface area contributed by atoms with E-state index in [0.717, 1.165) is 25.3 Å². The molecule has 24 heavy (non-hydrogen) atoms. The first-order valence-corrected chi connectivity index (χ1v) is 9.15. The number of carbonyl (C=O) groups excluding carboxylic acids is 1. The molecule has 1 aromatic carbocycles. The number of likely N-dealkylation sites (tertiary alicyclic amines) is 1. The lowest BCUT2D eigenvalue weighted by Gasteiger charge is -2.34. The highest BCUT2D eigenvalue weighted by Crippen LogP contribution is 2.23. The Balaban J connectivity index is 1.74. The molecular formula is C20H33N3O. The zero-order valence-corrected chi connectivity index (χ0v) is 15.9. The van der Waals surface area contributed by atoms with Crippen molar-refractivity contribution in [3.8, 4) is 0 Å². The molecule has 4 nitrogen and oxygen atoms in total. The molecule has 1 aromatic rings. The molecule has 4 heteroatoms. The largest absolute Gasteiger partial charge is 0.338 e. The molecule has 0 aliphatic carbocycles. The Morgan fingerprint density at radius 2 is 1.75 bits per heavy atom. The van der Waals surface area contributed by atoms with Gasteiger partial charge in [0, 0.05) is 18.3 Å². The molecule has 0 bridgehead atoms. The number of nitrogens with one attached hydrogen (secondary N) is 2. The van der Waals surface area contributed by atoms with Crippen LogP contribution >= 0.6 is 0 Å². The molecule has 0 unspecified atom stereocenters. The monoisotopic (exact) mass is 331 g/mol. The van der Waals surface area contributed by atoms with Gasteiger partial charge in [-0.05, 0) is 68.8 Å². The molecule has 2 amide bonds. The molecule has 0 aromatic heterocycles. The summed E-state index contributed by atoms with van der Waals surface area (Å²) in [4.78, 5) is 14.6. The average Bonchev–Trinajstić information content (AvgIpc) is 2.53. The van der Waals surface area contributed by atoms with Gasteiger partial charge in [-0.2, -0.15) is 0 Å². The summed E-state index contributed by atoms with van der Waals surface area (Å²) in [5, 5.41) is 5.95. The number of hydrogen-bond donors (Lipinski definition) is 2. The summed E-state index contributed by atoms with van der Waals surface area (Å²) >= 11 is 0. The third kappa shape index (κ3) is 5.52. The number of urea groups is 1. The van der Waals surface area contributed by atoms with Crippen molar-refractivity contribution >= 4 is 11.7 Å². The number of nitrogens with zero attached hydrogens (tertiary/aromatic N) is 1. The zero-order valence-electron chi connectivity index (χ0n) is 15.9. The molecule has 1 aliphatic rings. The van der Waals surface area contributed by atoms with Crippen molar-refractivity contribution in [2.24, 2.45) is 5.92 Å². The van der Waals surface area contributed by atoms with E-state index in [1.807, 2.05) is 12.1 Å². The second-order valence-electron chi connectivity index (χ2n) is 8.24. The van der Waals surface area contributed by atoms with Crippen molar-refractivity contribution < 1.29 is 4.79 Å². The fourth-order valence-corrected chi connectivity index (χ4v) is 3.14. The van der Waals surface area contributed by atoms with Gasteiger partial charge in [-0.15, -0.1) is 0 Å². The lowest BCUT2D eigenvalue weighted by atomic mass is 9.87. The molecule has 1 heterocycles. The van der Waals surface area contributed by atoms with E-state index in [2.05, 4.69) is 62.3 Å². The van der Waals surface area contributed by atoms with E-state index in [0.29, 0.717) is 12.0 Å². The van der Waals surface area contributed by atoms with Gasteiger partial charge in [-0.3, -0.25) is 0 Å². The summed E-state index contributed by atoms with van der Waals surface area (Å²) in [5.74, 6) is 0.592. The van der Waals surface area contributed by atoms with Crippen LogP contribution in [-0.2, 0) is 5.41 Å². The van der Waals surface area contributed by atoms with Gasteiger partial charge in [0.05, 0.1) is 0 Å². The summed E-state index contributed by atoms with van der Waals surface area (Å²) in [5.41, 5.74) is 2.24. The minimum atomic E-state index is -0.107. The minimum absolute atomic E-state index is 0.107. The topological polar surface area (TPSA) is 44.4 Å². The second-order valence-corrected chi connectivity index (χ2v) is 8.24. The summed E-state index contributed by atoms with van der Waals surface area (Å²) in [6.45, 7) is 14.1. The summed E-state index contributed by atoms with van der Waals surface area (Å²) in [6, 6.07) is 8.62. The molecule has 1 saturated heterocycles. The first kappa shape index (κ1) is 18.8. The standard InChI is InChI=1S/C20H33N3O/c1-15(2)23-12-10-16(11-13-23)14-21-19(24)22-18-8-6-17(7-9-18)20(3,4)5/h6-9,15-16H,10-14H2,1-5H3,(H2,21,22,24). The number of benzene rings is 1. The lowest BCUT2D eigenvalue weighted by molar-refractivity contribution is 0.149. The Morgan fingerprint density at radius 3 is 2.25 bits per heavy atom. The van der Waals surface area contributed by atoms with Gasteiger partial charge in [-0.1, -0.05) is 32.9 Å². The number of carbonyl (C=O) groups is 1. The molecule has 0 radical (unpaired) electrons. The molecular weight excluding hydrogens is 298 g/mol. The predicted octanol–water partition coefficient (Wildman–Crippen LogP) is 4.23. The quantitative estimate of drug-likeness (QED) is 0.867. The molecule has 0 spiro atoms. The maximum Gasteiger partial charge on any atom is 0.319 e. The van der Waals surface area contributed by atoms with E-state index < -0.39 is 0 Å². The van der Waals surface area contributed by atoms with Crippen LogP contribution in [0.5, 0.6) is 0 Å². The zero-order chi connectivity index (χ0) is 17.7. The lowest BCUT2D eigenvalue weighted by Crippen LogP contribution is -2.42. The van der Waals surface area contributed by atoms with Crippen molar-refractivity contribution in [3.63, 3.8) is 0 Å². The number of piperidine rings is 1. The Bertz CT molecular complexity index is 523. The smallest absolute Gasteiger partial charge is 0.319 e. The number of rotatable bonds is 4. The average molecular weight is 332 g/mol. The second kappa shape index (κ2) is 8.02. The van der Waals surface area contributed by atoms with Crippen molar-refractivity contribution in [2.75, 3.05) is 25.0 Å². The van der Waals surface area contributed by atoms with E-state index in [-0.39, 0.29) is 11.4 Å². The van der Waals surface area contributed by atoms with Crippen molar-refractivity contribution in [1.82, 2.24) is 10.2 Å². The Kier molecular flexibility index (Phi) is 6.27. The molecule has 1 aliphatic heterocycles. The molecule has 1 fully saturated rings. The Hall–Kier alpha value is -1.55. The summed E-state index contributed by atoms with van der Waals surface area (Å²) in [7, 11) is 0. The van der Waals surface area contributed by atoms with E-state index in [1.165, 1.54) is 18.4 Å². The third-order valence-corrected chi connectivity index (χ3v) is 4.94. The highest BCUT2D eigenvalue weighted by molar-refractivity contribution is 5.89. The summed E-state index contributed by atoms with van der Waals surface area (Å²) < 4.78 is 0. The molecule has 0 atom stereocenters. The number of anilines is 1. The van der Waals surface area contributed by atoms with Crippen LogP contribution in [0.4, 0.5) is 10.5 Å². The van der Waals surface area contributed by atoms with Crippen LogP contribution < -0.4 is 10.6 Å². The predicted molar refractivity (Wildman–Crippen MR) is 102 cm³/mol. The SMILES string of the molecule is CC(C)N1CCC(CNC(=O)Nc2ccc(C(C)(C)C)cc2)CC1. The van der Waals surface area contributed by atoms with E-state index in [1.54, 1.807) is 0 Å². The third-order valence-electron chi connectivity index (χ3n) is 4.94. The number of amides is 2. The van der Waals surface area contributed by atoms with Gasteiger partial charge < -0.3 is 15.5 Å². The van der Waals surface area contributed by atoms with E-state index in [9.17, 15) is 4.79 Å². The van der Waals surface area contributed by atoms with Crippen LogP contribution in [0.2, 0.25) is 0 Å². The van der Waals surface area contributed by atoms with Crippen molar-refractivity contribution in [1.29, 1.82) is 0 Å². The first-order chi connectivity index (χ1) is 11.3. The number of hydrogen-bond acceptors (Lipinski definition) is 2. The van der Waals surface area contributed by atoms with Gasteiger partial charge in [-0.25, -0.2) is 4.79 Å². The van der Waals surface area contributed by atoms with Crippen LogP contribution in [0.3, 0.4) is 0 Å². The fraction of sp³-hybridized carbons (Fsp3) is 0.650. The molecule has 2 N–H and O–H groups in total. The van der Waals surface area contributed by atoms with Crippen molar-refractivity contribution in [2.45, 2.75) is 58.9 Å². The van der Waals surface area contributed by atoms with Crippen LogP contribution in [0.1, 0.15) is 53.0 Å². The fourth-order valence-electron chi connectivity index (χ4n) is 3.14. The van der Waals surface area contributed by atoms with E-state index in [4.69, 9.17) is 0 Å². The van der Waals surface area contributed by atoms with Crippen LogP contribution in [0.25, 0.3) is 0 Å². The van der Waals surface area contributed by atoms with Gasteiger partial charge >= 0.3 is 6.03 Å². The minimum Gasteiger partial charge on any atom is -0.338 e.